The summed E-state index contributed by atoms with van der Waals surface area (Å²) in [5.41, 5.74) is 4.95. The van der Waals surface area contributed by atoms with Gasteiger partial charge in [-0.2, -0.15) is 0 Å². The molecule has 8 heteroatoms. The van der Waals surface area contributed by atoms with Crippen LogP contribution in [0.5, 0.6) is 0 Å². The zero-order valence-corrected chi connectivity index (χ0v) is 13.0. The Morgan fingerprint density at radius 1 is 1.24 bits per heavy atom. The minimum absolute atomic E-state index is 0.0198. The van der Waals surface area contributed by atoms with Gasteiger partial charge in [0.15, 0.2) is 9.84 Å². The van der Waals surface area contributed by atoms with Crippen molar-refractivity contribution in [1.29, 1.82) is 0 Å². The molecule has 1 aliphatic heterocycles. The standard InChI is InChI=1S/C13H24N2O5S/c14-12(16)5-8-21(19,20)9-7-15-6-1-2-11(10-15)3-4-13(17)18/h11H,1-10H2,(H2,14,16)(H,17,18). The van der Waals surface area contributed by atoms with Crippen molar-refractivity contribution in [1.82, 2.24) is 4.90 Å². The van der Waals surface area contributed by atoms with Gasteiger partial charge < -0.3 is 15.7 Å². The largest absolute Gasteiger partial charge is 0.481 e. The zero-order chi connectivity index (χ0) is 15.9. The SMILES string of the molecule is NC(=O)CCS(=O)(=O)CCN1CCCC(CCC(=O)O)C1. The monoisotopic (exact) mass is 320 g/mol. The van der Waals surface area contributed by atoms with Crippen LogP contribution in [-0.2, 0) is 19.4 Å². The Labute approximate surface area is 125 Å². The molecule has 0 saturated carbocycles. The molecule has 7 nitrogen and oxygen atoms in total. The van der Waals surface area contributed by atoms with Crippen LogP contribution in [0.3, 0.4) is 0 Å². The molecule has 1 unspecified atom stereocenters. The molecule has 1 atom stereocenters. The maximum Gasteiger partial charge on any atom is 0.303 e. The number of rotatable bonds is 9. The number of carboxylic acids is 1. The number of hydrogen-bond acceptors (Lipinski definition) is 5. The lowest BCUT2D eigenvalue weighted by atomic mass is 9.93. The molecule has 1 aliphatic rings. The summed E-state index contributed by atoms with van der Waals surface area (Å²) in [6, 6.07) is 0. The lowest BCUT2D eigenvalue weighted by Gasteiger charge is -2.32. The number of nitrogens with two attached hydrogens (primary N) is 1. The maximum atomic E-state index is 11.8. The second-order valence-electron chi connectivity index (χ2n) is 5.61. The van der Waals surface area contributed by atoms with Crippen molar-refractivity contribution in [3.63, 3.8) is 0 Å². The molecule has 0 aromatic heterocycles. The van der Waals surface area contributed by atoms with E-state index in [-0.39, 0.29) is 24.3 Å². The van der Waals surface area contributed by atoms with Crippen molar-refractivity contribution in [3.8, 4) is 0 Å². The van der Waals surface area contributed by atoms with Gasteiger partial charge in [0, 0.05) is 25.9 Å². The minimum atomic E-state index is -3.26. The van der Waals surface area contributed by atoms with E-state index in [0.717, 1.165) is 25.9 Å². The van der Waals surface area contributed by atoms with E-state index in [9.17, 15) is 18.0 Å². The third kappa shape index (κ3) is 8.01. The number of carbonyl (C=O) groups excluding carboxylic acids is 1. The van der Waals surface area contributed by atoms with Gasteiger partial charge in [-0.25, -0.2) is 8.42 Å². The van der Waals surface area contributed by atoms with E-state index in [0.29, 0.717) is 18.9 Å². The summed E-state index contributed by atoms with van der Waals surface area (Å²) in [6.07, 6.45) is 2.63. The first-order valence-corrected chi connectivity index (χ1v) is 9.03. The second kappa shape index (κ2) is 8.33. The summed E-state index contributed by atoms with van der Waals surface area (Å²) >= 11 is 0. The van der Waals surface area contributed by atoms with Gasteiger partial charge in [0.1, 0.15) is 0 Å². The Bertz CT molecular complexity index is 463. The lowest BCUT2D eigenvalue weighted by molar-refractivity contribution is -0.137. The number of likely N-dealkylation sites (tertiary alicyclic amines) is 1. The lowest BCUT2D eigenvalue weighted by Crippen LogP contribution is -2.38. The number of carbonyl (C=O) groups is 2. The molecular weight excluding hydrogens is 296 g/mol. The molecule has 0 aliphatic carbocycles. The summed E-state index contributed by atoms with van der Waals surface area (Å²) in [7, 11) is -3.26. The Hall–Kier alpha value is -1.15. The van der Waals surface area contributed by atoms with Crippen LogP contribution in [0.25, 0.3) is 0 Å². The van der Waals surface area contributed by atoms with E-state index >= 15 is 0 Å². The predicted octanol–water partition coefficient (Wildman–Crippen LogP) is -0.147. The minimum Gasteiger partial charge on any atom is -0.481 e. The highest BCUT2D eigenvalue weighted by molar-refractivity contribution is 7.91. The van der Waals surface area contributed by atoms with Gasteiger partial charge >= 0.3 is 5.97 Å². The fourth-order valence-electron chi connectivity index (χ4n) is 2.54. The Morgan fingerprint density at radius 2 is 1.95 bits per heavy atom. The number of amides is 1. The first-order chi connectivity index (χ1) is 9.78. The molecule has 0 aromatic carbocycles. The molecule has 1 fully saturated rings. The highest BCUT2D eigenvalue weighted by atomic mass is 32.2. The normalized spacial score (nSPS) is 20.3. The predicted molar refractivity (Wildman–Crippen MR) is 78.5 cm³/mol. The highest BCUT2D eigenvalue weighted by Crippen LogP contribution is 2.20. The molecule has 0 bridgehead atoms. The number of hydrogen-bond donors (Lipinski definition) is 2. The van der Waals surface area contributed by atoms with E-state index in [1.54, 1.807) is 0 Å². The highest BCUT2D eigenvalue weighted by Gasteiger charge is 2.22. The van der Waals surface area contributed by atoms with E-state index in [1.165, 1.54) is 0 Å². The van der Waals surface area contributed by atoms with Crippen molar-refractivity contribution < 1.29 is 23.1 Å². The Morgan fingerprint density at radius 3 is 2.57 bits per heavy atom. The third-order valence-electron chi connectivity index (χ3n) is 3.75. The summed E-state index contributed by atoms with van der Waals surface area (Å²) in [6.45, 7) is 2.03. The van der Waals surface area contributed by atoms with Gasteiger partial charge in [0.2, 0.25) is 5.91 Å². The molecule has 0 aromatic rings. The van der Waals surface area contributed by atoms with Crippen LogP contribution < -0.4 is 5.73 Å². The molecule has 0 radical (unpaired) electrons. The van der Waals surface area contributed by atoms with Crippen molar-refractivity contribution >= 4 is 21.7 Å². The average Bonchev–Trinajstić information content (AvgIpc) is 2.42. The molecule has 1 saturated heterocycles. The van der Waals surface area contributed by atoms with E-state index in [2.05, 4.69) is 4.90 Å². The average molecular weight is 320 g/mol. The number of nitrogens with zero attached hydrogens (tertiary/aromatic N) is 1. The van der Waals surface area contributed by atoms with Gasteiger partial charge in [0.25, 0.3) is 0 Å². The molecule has 21 heavy (non-hydrogen) atoms. The van der Waals surface area contributed by atoms with Crippen LogP contribution >= 0.6 is 0 Å². The topological polar surface area (TPSA) is 118 Å². The van der Waals surface area contributed by atoms with Crippen LogP contribution in [0.15, 0.2) is 0 Å². The number of carboxylic acid groups (broad SMARTS) is 1. The summed E-state index contributed by atoms with van der Waals surface area (Å²) in [4.78, 5) is 23.3. The van der Waals surface area contributed by atoms with Crippen LogP contribution in [0, 0.1) is 5.92 Å². The second-order valence-corrected chi connectivity index (χ2v) is 7.91. The first kappa shape index (κ1) is 17.9. The fraction of sp³-hybridized carbons (Fsp3) is 0.846. The van der Waals surface area contributed by atoms with Crippen molar-refractivity contribution in [2.45, 2.75) is 32.1 Å². The van der Waals surface area contributed by atoms with Crippen LogP contribution in [0.4, 0.5) is 0 Å². The van der Waals surface area contributed by atoms with Gasteiger partial charge in [-0.1, -0.05) is 0 Å². The number of primary amides is 1. The number of aliphatic carboxylic acids is 1. The van der Waals surface area contributed by atoms with Gasteiger partial charge in [-0.3, -0.25) is 9.59 Å². The van der Waals surface area contributed by atoms with Crippen LogP contribution in [0.2, 0.25) is 0 Å². The molecule has 0 spiro atoms. The summed E-state index contributed by atoms with van der Waals surface area (Å²) in [5.74, 6) is -1.25. The van der Waals surface area contributed by atoms with Gasteiger partial charge in [-0.15, -0.1) is 0 Å². The van der Waals surface area contributed by atoms with Crippen LogP contribution in [0.1, 0.15) is 32.1 Å². The van der Waals surface area contributed by atoms with E-state index in [4.69, 9.17) is 10.8 Å². The number of sulfone groups is 1. The summed E-state index contributed by atoms with van der Waals surface area (Å²) < 4.78 is 23.5. The van der Waals surface area contributed by atoms with Crippen molar-refractivity contribution in [2.24, 2.45) is 11.7 Å². The quantitative estimate of drug-likeness (QED) is 0.610. The smallest absolute Gasteiger partial charge is 0.303 e. The Balaban J connectivity index is 2.34. The maximum absolute atomic E-state index is 11.8. The van der Waals surface area contributed by atoms with Crippen molar-refractivity contribution in [3.05, 3.63) is 0 Å². The first-order valence-electron chi connectivity index (χ1n) is 7.21. The Kier molecular flexibility index (Phi) is 7.10. The fourth-order valence-corrected chi connectivity index (χ4v) is 3.80. The van der Waals surface area contributed by atoms with Crippen LogP contribution in [-0.4, -0.2) is 61.4 Å². The molecule has 1 rings (SSSR count). The van der Waals surface area contributed by atoms with Gasteiger partial charge in [-0.05, 0) is 31.7 Å². The third-order valence-corrected chi connectivity index (χ3v) is 5.38. The molecule has 1 amide bonds. The van der Waals surface area contributed by atoms with Crippen molar-refractivity contribution in [2.75, 3.05) is 31.1 Å². The molecule has 122 valence electrons. The van der Waals surface area contributed by atoms with E-state index < -0.39 is 21.7 Å². The summed E-state index contributed by atoms with van der Waals surface area (Å²) in [5, 5.41) is 8.69. The molecule has 1 heterocycles. The molecule has 3 N–H and O–H groups in total. The molecular formula is C13H24N2O5S. The zero-order valence-electron chi connectivity index (χ0n) is 12.2. The number of piperidine rings is 1. The van der Waals surface area contributed by atoms with E-state index in [1.807, 2.05) is 0 Å². The van der Waals surface area contributed by atoms with Gasteiger partial charge in [0.05, 0.1) is 11.5 Å².